The molecule has 1 N–H and O–H groups in total. The fourth-order valence-electron chi connectivity index (χ4n) is 1.48. The van der Waals surface area contributed by atoms with Crippen molar-refractivity contribution in [3.05, 3.63) is 29.8 Å². The highest BCUT2D eigenvalue weighted by molar-refractivity contribution is 5.95. The number of hydrogen-bond donors (Lipinski definition) is 1. The quantitative estimate of drug-likeness (QED) is 0.659. The van der Waals surface area contributed by atoms with Crippen LogP contribution in [0.2, 0.25) is 0 Å². The third-order valence-electron chi connectivity index (χ3n) is 2.56. The molecule has 1 rings (SSSR count). The van der Waals surface area contributed by atoms with Crippen LogP contribution in [0.1, 0.15) is 24.2 Å². The van der Waals surface area contributed by atoms with Gasteiger partial charge in [-0.3, -0.25) is 9.59 Å². The summed E-state index contributed by atoms with van der Waals surface area (Å²) < 4.78 is 4.76. The summed E-state index contributed by atoms with van der Waals surface area (Å²) in [6.45, 7) is 3.33. The zero-order valence-corrected chi connectivity index (χ0v) is 11.8. The third kappa shape index (κ3) is 4.72. The van der Waals surface area contributed by atoms with Crippen molar-refractivity contribution in [2.24, 2.45) is 0 Å². The summed E-state index contributed by atoms with van der Waals surface area (Å²) in [5, 5.41) is 2.62. The minimum atomic E-state index is -0.461. The maximum atomic E-state index is 11.8. The first-order valence-electron chi connectivity index (χ1n) is 6.22. The lowest BCUT2D eigenvalue weighted by atomic mass is 10.1. The number of rotatable bonds is 5. The van der Waals surface area contributed by atoms with Gasteiger partial charge in [0.25, 0.3) is 0 Å². The zero-order valence-electron chi connectivity index (χ0n) is 11.8. The van der Waals surface area contributed by atoms with Crippen molar-refractivity contribution in [2.75, 3.05) is 25.5 Å². The molecular weight excluding hydrogens is 260 g/mol. The number of likely N-dealkylation sites (N-methyl/N-ethyl adjacent to an activating group) is 1. The molecule has 1 aromatic carbocycles. The van der Waals surface area contributed by atoms with Crippen LogP contribution in [-0.4, -0.2) is 42.9 Å². The Morgan fingerprint density at radius 3 is 2.30 bits per heavy atom. The van der Waals surface area contributed by atoms with Crippen molar-refractivity contribution in [1.82, 2.24) is 4.90 Å². The van der Waals surface area contributed by atoms with Gasteiger partial charge in [0.05, 0.1) is 6.61 Å². The Morgan fingerprint density at radius 1 is 1.20 bits per heavy atom. The van der Waals surface area contributed by atoms with Gasteiger partial charge in [-0.25, -0.2) is 4.79 Å². The second kappa shape index (κ2) is 7.28. The van der Waals surface area contributed by atoms with Crippen molar-refractivity contribution in [3.63, 3.8) is 0 Å². The summed E-state index contributed by atoms with van der Waals surface area (Å²) >= 11 is 0. The predicted octanol–water partition coefficient (Wildman–Crippen LogP) is 1.92. The number of Topliss-reactive ketones (excluding diaryl/α,β-unsaturated/α-hetero) is 1. The maximum Gasteiger partial charge on any atom is 0.325 e. The van der Waals surface area contributed by atoms with E-state index in [0.717, 1.165) is 0 Å². The van der Waals surface area contributed by atoms with Crippen LogP contribution in [0.4, 0.5) is 10.5 Å². The van der Waals surface area contributed by atoms with Gasteiger partial charge in [-0.15, -0.1) is 0 Å². The van der Waals surface area contributed by atoms with Crippen molar-refractivity contribution >= 4 is 23.5 Å². The zero-order chi connectivity index (χ0) is 15.1. The van der Waals surface area contributed by atoms with E-state index >= 15 is 0 Å². The van der Waals surface area contributed by atoms with Crippen molar-refractivity contribution < 1.29 is 19.1 Å². The van der Waals surface area contributed by atoms with Crippen LogP contribution in [-0.2, 0) is 9.53 Å². The monoisotopic (exact) mass is 278 g/mol. The van der Waals surface area contributed by atoms with Crippen LogP contribution in [0, 0.1) is 0 Å². The summed E-state index contributed by atoms with van der Waals surface area (Å²) in [7, 11) is 1.50. The number of urea groups is 1. The first kappa shape index (κ1) is 15.7. The number of anilines is 1. The van der Waals surface area contributed by atoms with Gasteiger partial charge < -0.3 is 15.0 Å². The molecule has 0 aromatic heterocycles. The van der Waals surface area contributed by atoms with Gasteiger partial charge >= 0.3 is 12.0 Å². The molecule has 0 aliphatic carbocycles. The van der Waals surface area contributed by atoms with E-state index < -0.39 is 12.0 Å². The van der Waals surface area contributed by atoms with Gasteiger partial charge in [-0.1, -0.05) is 0 Å². The molecule has 0 unspecified atom stereocenters. The molecule has 6 nitrogen and oxygen atoms in total. The molecule has 0 aliphatic rings. The van der Waals surface area contributed by atoms with E-state index in [2.05, 4.69) is 5.32 Å². The van der Waals surface area contributed by atoms with Crippen LogP contribution in [0.3, 0.4) is 0 Å². The molecule has 0 fully saturated rings. The van der Waals surface area contributed by atoms with E-state index in [-0.39, 0.29) is 18.9 Å². The first-order chi connectivity index (χ1) is 9.43. The smallest absolute Gasteiger partial charge is 0.325 e. The number of amides is 2. The van der Waals surface area contributed by atoms with E-state index in [1.807, 2.05) is 0 Å². The van der Waals surface area contributed by atoms with Crippen molar-refractivity contribution in [2.45, 2.75) is 13.8 Å². The van der Waals surface area contributed by atoms with Gasteiger partial charge in [0.15, 0.2) is 5.78 Å². The van der Waals surface area contributed by atoms with Crippen LogP contribution >= 0.6 is 0 Å². The first-order valence-corrected chi connectivity index (χ1v) is 6.22. The Morgan fingerprint density at radius 2 is 1.80 bits per heavy atom. The van der Waals surface area contributed by atoms with Gasteiger partial charge in [0.2, 0.25) is 0 Å². The fourth-order valence-corrected chi connectivity index (χ4v) is 1.48. The number of ketones is 1. The Kier molecular flexibility index (Phi) is 5.71. The average Bonchev–Trinajstić information content (AvgIpc) is 2.39. The van der Waals surface area contributed by atoms with Crippen LogP contribution in [0.15, 0.2) is 24.3 Å². The van der Waals surface area contributed by atoms with E-state index in [0.29, 0.717) is 11.3 Å². The number of carbonyl (C=O) groups excluding carboxylic acids is 3. The molecule has 108 valence electrons. The Labute approximate surface area is 117 Å². The largest absolute Gasteiger partial charge is 0.465 e. The molecule has 0 bridgehead atoms. The fraction of sp³-hybridized carbons (Fsp3) is 0.357. The topological polar surface area (TPSA) is 75.7 Å². The average molecular weight is 278 g/mol. The molecule has 0 saturated carbocycles. The number of hydrogen-bond acceptors (Lipinski definition) is 4. The SMILES string of the molecule is CCOC(=O)CN(C)C(=O)Nc1ccc(C(C)=O)cc1. The molecule has 0 spiro atoms. The summed E-state index contributed by atoms with van der Waals surface area (Å²) in [6, 6.07) is 6.10. The van der Waals surface area contributed by atoms with Crippen LogP contribution < -0.4 is 5.32 Å². The molecule has 0 radical (unpaired) electrons. The van der Waals surface area contributed by atoms with Crippen molar-refractivity contribution in [3.8, 4) is 0 Å². The minimum Gasteiger partial charge on any atom is -0.465 e. The molecule has 6 heteroatoms. The summed E-state index contributed by atoms with van der Waals surface area (Å²) in [5.74, 6) is -0.501. The molecule has 0 saturated heterocycles. The molecular formula is C14H18N2O4. The standard InChI is InChI=1S/C14H18N2O4/c1-4-20-13(18)9-16(3)14(19)15-12-7-5-11(6-8-12)10(2)17/h5-8H,4,9H2,1-3H3,(H,15,19). The molecule has 1 aromatic rings. The Balaban J connectivity index is 2.57. The Bertz CT molecular complexity index is 496. The number of nitrogens with one attached hydrogen (secondary N) is 1. The molecule has 0 heterocycles. The number of ether oxygens (including phenoxy) is 1. The summed E-state index contributed by atoms with van der Waals surface area (Å²) in [4.78, 5) is 35.4. The second-order valence-corrected chi connectivity index (χ2v) is 4.22. The molecule has 20 heavy (non-hydrogen) atoms. The van der Waals surface area contributed by atoms with E-state index in [1.165, 1.54) is 18.9 Å². The predicted molar refractivity (Wildman–Crippen MR) is 74.7 cm³/mol. The maximum absolute atomic E-state index is 11.8. The van der Waals surface area contributed by atoms with Crippen molar-refractivity contribution in [1.29, 1.82) is 0 Å². The van der Waals surface area contributed by atoms with Gasteiger partial charge in [-0.05, 0) is 38.1 Å². The number of benzene rings is 1. The highest BCUT2D eigenvalue weighted by Gasteiger charge is 2.13. The van der Waals surface area contributed by atoms with E-state index in [4.69, 9.17) is 4.74 Å². The lowest BCUT2D eigenvalue weighted by Crippen LogP contribution is -2.36. The number of carbonyl (C=O) groups is 3. The van der Waals surface area contributed by atoms with Gasteiger partial charge in [-0.2, -0.15) is 0 Å². The highest BCUT2D eigenvalue weighted by Crippen LogP contribution is 2.10. The van der Waals surface area contributed by atoms with E-state index in [1.54, 1.807) is 31.2 Å². The molecule has 0 atom stereocenters. The minimum absolute atomic E-state index is 0.0395. The van der Waals surface area contributed by atoms with Gasteiger partial charge in [0.1, 0.15) is 6.54 Å². The highest BCUT2D eigenvalue weighted by atomic mass is 16.5. The third-order valence-corrected chi connectivity index (χ3v) is 2.56. The Hall–Kier alpha value is -2.37. The second-order valence-electron chi connectivity index (χ2n) is 4.22. The normalized spacial score (nSPS) is 9.75. The van der Waals surface area contributed by atoms with Gasteiger partial charge in [0, 0.05) is 18.3 Å². The lowest BCUT2D eigenvalue weighted by molar-refractivity contribution is -0.143. The molecule has 0 aliphatic heterocycles. The lowest BCUT2D eigenvalue weighted by Gasteiger charge is -2.17. The summed E-state index contributed by atoms with van der Waals surface area (Å²) in [5.41, 5.74) is 1.12. The number of esters is 1. The number of nitrogens with zero attached hydrogens (tertiary/aromatic N) is 1. The summed E-state index contributed by atoms with van der Waals surface area (Å²) in [6.07, 6.45) is 0. The molecule has 2 amide bonds. The van der Waals surface area contributed by atoms with E-state index in [9.17, 15) is 14.4 Å². The van der Waals surface area contributed by atoms with Crippen LogP contribution in [0.25, 0.3) is 0 Å². The van der Waals surface area contributed by atoms with Crippen LogP contribution in [0.5, 0.6) is 0 Å².